The van der Waals surface area contributed by atoms with E-state index in [1.165, 1.54) is 47.4 Å². The van der Waals surface area contributed by atoms with E-state index in [1.807, 2.05) is 14.0 Å². The average Bonchev–Trinajstić information content (AvgIpc) is 3.46. The lowest BCUT2D eigenvalue weighted by Crippen LogP contribution is -2.44. The molecule has 5 rings (SSSR count). The molecule has 1 aromatic heterocycles. The lowest BCUT2D eigenvalue weighted by atomic mass is 9.75. The first-order valence-corrected chi connectivity index (χ1v) is 14.0. The zero-order chi connectivity index (χ0) is 23.9. The van der Waals surface area contributed by atoms with Crippen molar-refractivity contribution < 1.29 is 12.8 Å². The van der Waals surface area contributed by atoms with Crippen LogP contribution in [0.15, 0.2) is 58.3 Å². The summed E-state index contributed by atoms with van der Waals surface area (Å²) < 4.78 is 42.7. The molecule has 2 aromatic carbocycles. The van der Waals surface area contributed by atoms with Crippen LogP contribution in [0.3, 0.4) is 0 Å². The highest BCUT2D eigenvalue weighted by Crippen LogP contribution is 2.41. The molecular formula is C25H29FN4O2S2. The summed E-state index contributed by atoms with van der Waals surface area (Å²) in [6, 6.07) is 14.3. The number of likely N-dealkylation sites (tertiary alicyclic amines) is 1. The van der Waals surface area contributed by atoms with Crippen molar-refractivity contribution in [2.24, 2.45) is 0 Å². The van der Waals surface area contributed by atoms with Crippen LogP contribution in [0.2, 0.25) is 0 Å². The fourth-order valence-electron chi connectivity index (χ4n) is 5.18. The van der Waals surface area contributed by atoms with E-state index in [4.69, 9.17) is 0 Å². The molecule has 1 atom stereocenters. The minimum absolute atomic E-state index is 0.194. The third-order valence-electron chi connectivity index (χ3n) is 7.23. The van der Waals surface area contributed by atoms with E-state index in [1.54, 1.807) is 5.38 Å². The number of rotatable bonds is 7. The van der Waals surface area contributed by atoms with Crippen molar-refractivity contribution in [1.29, 1.82) is 0 Å². The minimum Gasteiger partial charge on any atom is -0.370 e. The third-order valence-corrected chi connectivity index (χ3v) is 9.19. The summed E-state index contributed by atoms with van der Waals surface area (Å²) in [4.78, 5) is 8.23. The monoisotopic (exact) mass is 500 g/mol. The standard InChI is InChI=1S/C25H29FN4O2S2/c1-17-10-24(34(31,32)28-25-15-33-16-27-25)22(26)13-23(17)29(2)20-8-9-30(14-20)21-11-19(12-21)18-6-4-3-5-7-18/h3-7,10,13,15-16,19-21,28H,8-9,11-12,14H2,1-2H3. The quantitative estimate of drug-likeness (QED) is 0.503. The van der Waals surface area contributed by atoms with E-state index in [0.717, 1.165) is 30.8 Å². The molecule has 180 valence electrons. The zero-order valence-corrected chi connectivity index (χ0v) is 20.9. The first-order chi connectivity index (χ1) is 16.3. The highest BCUT2D eigenvalue weighted by Gasteiger charge is 2.38. The summed E-state index contributed by atoms with van der Waals surface area (Å²) in [5.74, 6) is 0.0845. The summed E-state index contributed by atoms with van der Waals surface area (Å²) in [7, 11) is -2.07. The van der Waals surface area contributed by atoms with Gasteiger partial charge in [-0.05, 0) is 55.4 Å². The predicted molar refractivity (Wildman–Crippen MR) is 135 cm³/mol. The Bertz CT molecular complexity index is 1250. The van der Waals surface area contributed by atoms with Gasteiger partial charge in [-0.2, -0.15) is 0 Å². The Morgan fingerprint density at radius 1 is 1.21 bits per heavy atom. The molecule has 0 spiro atoms. The van der Waals surface area contributed by atoms with Crippen molar-refractivity contribution in [3.8, 4) is 0 Å². The molecule has 1 N–H and O–H groups in total. The number of nitrogens with zero attached hydrogens (tertiary/aromatic N) is 3. The van der Waals surface area contributed by atoms with Gasteiger partial charge in [0.25, 0.3) is 10.0 Å². The van der Waals surface area contributed by atoms with Gasteiger partial charge >= 0.3 is 0 Å². The number of aryl methyl sites for hydroxylation is 1. The number of likely N-dealkylation sites (N-methyl/N-ethyl adjacent to an activating group) is 1. The second kappa shape index (κ2) is 9.28. The summed E-state index contributed by atoms with van der Waals surface area (Å²) in [6.45, 7) is 3.80. The van der Waals surface area contributed by atoms with Gasteiger partial charge in [-0.3, -0.25) is 9.62 Å². The Labute approximate surface area is 204 Å². The van der Waals surface area contributed by atoms with E-state index in [0.29, 0.717) is 12.0 Å². The van der Waals surface area contributed by atoms with E-state index < -0.39 is 15.8 Å². The third kappa shape index (κ3) is 4.56. The fraction of sp³-hybridized carbons (Fsp3) is 0.400. The molecular weight excluding hydrogens is 471 g/mol. The van der Waals surface area contributed by atoms with Crippen LogP contribution in [0.4, 0.5) is 15.9 Å². The van der Waals surface area contributed by atoms with Crippen LogP contribution >= 0.6 is 11.3 Å². The summed E-state index contributed by atoms with van der Waals surface area (Å²) in [5, 5.41) is 1.57. The molecule has 1 aliphatic carbocycles. The van der Waals surface area contributed by atoms with Gasteiger partial charge in [0, 0.05) is 43.3 Å². The van der Waals surface area contributed by atoms with Crippen molar-refractivity contribution >= 4 is 32.9 Å². The lowest BCUT2D eigenvalue weighted by Gasteiger charge is -2.42. The van der Waals surface area contributed by atoms with Gasteiger partial charge in [-0.15, -0.1) is 11.3 Å². The smallest absolute Gasteiger partial charge is 0.266 e. The number of hydrogen-bond acceptors (Lipinski definition) is 6. The minimum atomic E-state index is -4.05. The van der Waals surface area contributed by atoms with Crippen LogP contribution in [-0.4, -0.2) is 50.5 Å². The van der Waals surface area contributed by atoms with Crippen LogP contribution in [0.1, 0.15) is 36.3 Å². The topological polar surface area (TPSA) is 65.5 Å². The Balaban J connectivity index is 1.24. The molecule has 2 heterocycles. The lowest BCUT2D eigenvalue weighted by molar-refractivity contribution is 0.134. The van der Waals surface area contributed by atoms with Crippen LogP contribution in [-0.2, 0) is 10.0 Å². The van der Waals surface area contributed by atoms with E-state index in [2.05, 4.69) is 49.8 Å². The van der Waals surface area contributed by atoms with Gasteiger partial charge in [0.05, 0.1) is 5.51 Å². The molecule has 1 saturated carbocycles. The second-order valence-corrected chi connectivity index (χ2v) is 11.7. The van der Waals surface area contributed by atoms with E-state index in [-0.39, 0.29) is 16.8 Å². The number of benzene rings is 2. The first kappa shape index (κ1) is 23.3. The van der Waals surface area contributed by atoms with Crippen LogP contribution < -0.4 is 9.62 Å². The number of nitrogens with one attached hydrogen (secondary N) is 1. The Morgan fingerprint density at radius 2 is 1.97 bits per heavy atom. The molecule has 2 fully saturated rings. The van der Waals surface area contributed by atoms with Gasteiger partial charge in [0.1, 0.15) is 10.7 Å². The molecule has 6 nitrogen and oxygen atoms in total. The normalized spacial score (nSPS) is 23.0. The van der Waals surface area contributed by atoms with Gasteiger partial charge in [0.2, 0.25) is 0 Å². The zero-order valence-electron chi connectivity index (χ0n) is 19.3. The molecule has 0 bridgehead atoms. The molecule has 1 saturated heterocycles. The highest BCUT2D eigenvalue weighted by molar-refractivity contribution is 7.92. The van der Waals surface area contributed by atoms with Crippen molar-refractivity contribution in [2.45, 2.75) is 49.1 Å². The van der Waals surface area contributed by atoms with Crippen LogP contribution in [0.5, 0.6) is 0 Å². The van der Waals surface area contributed by atoms with E-state index in [9.17, 15) is 8.42 Å². The molecule has 0 radical (unpaired) electrons. The number of halogens is 1. The van der Waals surface area contributed by atoms with Crippen molar-refractivity contribution in [3.05, 3.63) is 70.3 Å². The molecule has 34 heavy (non-hydrogen) atoms. The van der Waals surface area contributed by atoms with Gasteiger partial charge < -0.3 is 4.90 Å². The largest absolute Gasteiger partial charge is 0.370 e. The molecule has 2 aliphatic rings. The predicted octanol–water partition coefficient (Wildman–Crippen LogP) is 4.85. The number of aromatic nitrogens is 1. The maximum absolute atomic E-state index is 15.0. The molecule has 9 heteroatoms. The van der Waals surface area contributed by atoms with E-state index >= 15 is 4.39 Å². The number of hydrogen-bond donors (Lipinski definition) is 1. The summed E-state index contributed by atoms with van der Waals surface area (Å²) in [5.41, 5.74) is 4.41. The Kier molecular flexibility index (Phi) is 6.35. The molecule has 0 amide bonds. The fourth-order valence-corrected chi connectivity index (χ4v) is 6.88. The van der Waals surface area contributed by atoms with Crippen molar-refractivity contribution in [3.63, 3.8) is 0 Å². The number of sulfonamides is 1. The second-order valence-electron chi connectivity index (χ2n) is 9.33. The Morgan fingerprint density at radius 3 is 2.68 bits per heavy atom. The molecule has 1 aliphatic heterocycles. The number of thiazole rings is 1. The highest BCUT2D eigenvalue weighted by atomic mass is 32.2. The maximum atomic E-state index is 15.0. The average molecular weight is 501 g/mol. The van der Waals surface area contributed by atoms with Gasteiger partial charge in [-0.1, -0.05) is 30.3 Å². The van der Waals surface area contributed by atoms with Crippen molar-refractivity contribution in [1.82, 2.24) is 9.88 Å². The Hall–Kier alpha value is -2.49. The molecule has 1 unspecified atom stereocenters. The summed E-state index contributed by atoms with van der Waals surface area (Å²) >= 11 is 1.27. The van der Waals surface area contributed by atoms with Gasteiger partial charge in [0.15, 0.2) is 5.82 Å². The van der Waals surface area contributed by atoms with Crippen molar-refractivity contribution in [2.75, 3.05) is 29.8 Å². The summed E-state index contributed by atoms with van der Waals surface area (Å²) in [6.07, 6.45) is 3.38. The van der Waals surface area contributed by atoms with Crippen LogP contribution in [0.25, 0.3) is 0 Å². The van der Waals surface area contributed by atoms with Gasteiger partial charge in [-0.25, -0.2) is 17.8 Å². The first-order valence-electron chi connectivity index (χ1n) is 11.5. The van der Waals surface area contributed by atoms with Crippen LogP contribution in [0, 0.1) is 12.7 Å². The maximum Gasteiger partial charge on any atom is 0.266 e. The molecule has 3 aromatic rings. The SMILES string of the molecule is Cc1cc(S(=O)(=O)Nc2cscn2)c(F)cc1N(C)C1CCN(C2CC(c3ccccc3)C2)C1. The number of anilines is 2.